The fraction of sp³-hybridized carbons (Fsp3) is 0.158. The maximum absolute atomic E-state index is 12.4. The zero-order valence-corrected chi connectivity index (χ0v) is 16.2. The lowest BCUT2D eigenvalue weighted by molar-refractivity contribution is -0.384. The maximum Gasteiger partial charge on any atom is 0.288 e. The fourth-order valence-corrected chi connectivity index (χ4v) is 3.86. The Morgan fingerprint density at radius 2 is 2.00 bits per heavy atom. The van der Waals surface area contributed by atoms with Gasteiger partial charge in [-0.2, -0.15) is 0 Å². The molecule has 0 radical (unpaired) electrons. The highest BCUT2D eigenvalue weighted by molar-refractivity contribution is 7.15. The van der Waals surface area contributed by atoms with Crippen molar-refractivity contribution in [1.29, 1.82) is 0 Å². The van der Waals surface area contributed by atoms with E-state index < -0.39 is 10.8 Å². The first-order valence-electron chi connectivity index (χ1n) is 8.11. The third kappa shape index (κ3) is 4.15. The standard InChI is InChI=1S/C19H16ClN3O3S/c1-11-5-3-4-6-14(11)19-22-12(2)17(27-19)10-21-18(24)13-7-8-15(20)16(9-13)23(25)26/h3-9H,10H2,1-2H3,(H,21,24). The van der Waals surface area contributed by atoms with Crippen LogP contribution < -0.4 is 5.32 Å². The molecule has 1 N–H and O–H groups in total. The molecular weight excluding hydrogens is 386 g/mol. The van der Waals surface area contributed by atoms with Gasteiger partial charge in [-0.3, -0.25) is 14.9 Å². The second kappa shape index (κ2) is 7.85. The van der Waals surface area contributed by atoms with Crippen molar-refractivity contribution in [2.45, 2.75) is 20.4 Å². The summed E-state index contributed by atoms with van der Waals surface area (Å²) in [5, 5.41) is 14.7. The van der Waals surface area contributed by atoms with Gasteiger partial charge in [-0.25, -0.2) is 4.98 Å². The van der Waals surface area contributed by atoms with Crippen molar-refractivity contribution in [1.82, 2.24) is 10.3 Å². The first-order valence-corrected chi connectivity index (χ1v) is 9.30. The number of rotatable bonds is 5. The van der Waals surface area contributed by atoms with Crippen molar-refractivity contribution in [3.63, 3.8) is 0 Å². The molecule has 1 heterocycles. The van der Waals surface area contributed by atoms with Gasteiger partial charge in [0.25, 0.3) is 11.6 Å². The lowest BCUT2D eigenvalue weighted by atomic mass is 10.1. The van der Waals surface area contributed by atoms with Crippen molar-refractivity contribution < 1.29 is 9.72 Å². The minimum absolute atomic E-state index is 0.00211. The molecule has 0 atom stereocenters. The van der Waals surface area contributed by atoms with Crippen LogP contribution in [0.2, 0.25) is 5.02 Å². The fourth-order valence-electron chi connectivity index (χ4n) is 2.58. The van der Waals surface area contributed by atoms with Gasteiger partial charge < -0.3 is 5.32 Å². The van der Waals surface area contributed by atoms with E-state index in [0.717, 1.165) is 26.7 Å². The average molecular weight is 402 g/mol. The highest BCUT2D eigenvalue weighted by Gasteiger charge is 2.17. The molecule has 0 spiro atoms. The van der Waals surface area contributed by atoms with Gasteiger partial charge in [-0.05, 0) is 31.5 Å². The van der Waals surface area contributed by atoms with Crippen LogP contribution in [0.25, 0.3) is 10.6 Å². The smallest absolute Gasteiger partial charge is 0.288 e. The number of amides is 1. The molecule has 138 valence electrons. The molecule has 27 heavy (non-hydrogen) atoms. The Balaban J connectivity index is 1.76. The summed E-state index contributed by atoms with van der Waals surface area (Å²) in [5.74, 6) is -0.403. The van der Waals surface area contributed by atoms with E-state index in [1.165, 1.54) is 29.5 Å². The van der Waals surface area contributed by atoms with Crippen molar-refractivity contribution in [3.05, 3.63) is 79.3 Å². The van der Waals surface area contributed by atoms with Gasteiger partial charge in [0.1, 0.15) is 10.0 Å². The highest BCUT2D eigenvalue weighted by Crippen LogP contribution is 2.30. The molecule has 8 heteroatoms. The Hall–Kier alpha value is -2.77. The first-order chi connectivity index (χ1) is 12.9. The number of benzene rings is 2. The Morgan fingerprint density at radius 1 is 1.26 bits per heavy atom. The minimum Gasteiger partial charge on any atom is -0.347 e. The quantitative estimate of drug-likeness (QED) is 0.485. The predicted octanol–water partition coefficient (Wildman–Crippen LogP) is 4.92. The van der Waals surface area contributed by atoms with E-state index in [0.29, 0.717) is 6.54 Å². The third-order valence-corrected chi connectivity index (χ3v) is 5.59. The second-order valence-electron chi connectivity index (χ2n) is 5.95. The molecule has 0 aliphatic heterocycles. The van der Waals surface area contributed by atoms with Gasteiger partial charge >= 0.3 is 0 Å². The van der Waals surface area contributed by atoms with E-state index in [-0.39, 0.29) is 16.3 Å². The summed E-state index contributed by atoms with van der Waals surface area (Å²) < 4.78 is 0. The molecular formula is C19H16ClN3O3S. The number of aryl methyl sites for hydroxylation is 2. The molecule has 0 bridgehead atoms. The zero-order valence-electron chi connectivity index (χ0n) is 14.7. The number of halogens is 1. The molecule has 3 aromatic rings. The number of hydrogen-bond donors (Lipinski definition) is 1. The molecule has 0 saturated heterocycles. The van der Waals surface area contributed by atoms with Crippen LogP contribution in [0.15, 0.2) is 42.5 Å². The summed E-state index contributed by atoms with van der Waals surface area (Å²) in [7, 11) is 0. The molecule has 0 saturated carbocycles. The van der Waals surface area contributed by atoms with Crippen LogP contribution in [0.1, 0.15) is 26.5 Å². The number of nitro benzene ring substituents is 1. The molecule has 0 aliphatic rings. The Bertz CT molecular complexity index is 1030. The van der Waals surface area contributed by atoms with E-state index in [1.54, 1.807) is 0 Å². The van der Waals surface area contributed by atoms with Gasteiger partial charge in [0.05, 0.1) is 17.2 Å². The number of carbonyl (C=O) groups excluding carboxylic acids is 1. The molecule has 0 aliphatic carbocycles. The van der Waals surface area contributed by atoms with Crippen molar-refractivity contribution >= 4 is 34.5 Å². The first kappa shape index (κ1) is 19.0. The third-order valence-electron chi connectivity index (χ3n) is 4.08. The monoisotopic (exact) mass is 401 g/mol. The predicted molar refractivity (Wildman–Crippen MR) is 106 cm³/mol. The summed E-state index contributed by atoms with van der Waals surface area (Å²) in [6, 6.07) is 12.0. The topological polar surface area (TPSA) is 85.1 Å². The molecule has 0 fully saturated rings. The van der Waals surface area contributed by atoms with Crippen LogP contribution in [0.3, 0.4) is 0 Å². The number of carbonyl (C=O) groups is 1. The summed E-state index contributed by atoms with van der Waals surface area (Å²) >= 11 is 7.30. The van der Waals surface area contributed by atoms with Crippen LogP contribution in [0, 0.1) is 24.0 Å². The molecule has 1 aromatic heterocycles. The van der Waals surface area contributed by atoms with E-state index in [9.17, 15) is 14.9 Å². The molecule has 1 amide bonds. The Labute approximate surface area is 165 Å². The number of aromatic nitrogens is 1. The van der Waals surface area contributed by atoms with Crippen molar-refractivity contribution in [2.75, 3.05) is 0 Å². The molecule has 3 rings (SSSR count). The van der Waals surface area contributed by atoms with Crippen LogP contribution in [-0.4, -0.2) is 15.8 Å². The normalized spacial score (nSPS) is 10.6. The lowest BCUT2D eigenvalue weighted by Crippen LogP contribution is -2.22. The highest BCUT2D eigenvalue weighted by atomic mass is 35.5. The summed E-state index contributed by atoms with van der Waals surface area (Å²) in [6.07, 6.45) is 0. The van der Waals surface area contributed by atoms with Gasteiger partial charge in [0.15, 0.2) is 0 Å². The zero-order chi connectivity index (χ0) is 19.6. The minimum atomic E-state index is -0.610. The number of nitrogens with zero attached hydrogens (tertiary/aromatic N) is 2. The summed E-state index contributed by atoms with van der Waals surface area (Å²) in [5.41, 5.74) is 2.94. The second-order valence-corrected chi connectivity index (χ2v) is 7.44. The number of thiazole rings is 1. The van der Waals surface area contributed by atoms with Crippen LogP contribution in [0.4, 0.5) is 5.69 Å². The van der Waals surface area contributed by atoms with Crippen LogP contribution in [0.5, 0.6) is 0 Å². The SMILES string of the molecule is Cc1ccccc1-c1nc(C)c(CNC(=O)c2ccc(Cl)c([N+](=O)[O-])c2)s1. The van der Waals surface area contributed by atoms with Crippen LogP contribution in [-0.2, 0) is 6.54 Å². The molecule has 2 aromatic carbocycles. The van der Waals surface area contributed by atoms with E-state index in [4.69, 9.17) is 11.6 Å². The van der Waals surface area contributed by atoms with E-state index in [2.05, 4.69) is 10.3 Å². The van der Waals surface area contributed by atoms with Gasteiger partial charge in [0, 0.05) is 22.1 Å². The Kier molecular flexibility index (Phi) is 5.53. The lowest BCUT2D eigenvalue weighted by Gasteiger charge is -2.05. The molecule has 6 nitrogen and oxygen atoms in total. The van der Waals surface area contributed by atoms with E-state index in [1.807, 2.05) is 38.1 Å². The summed E-state index contributed by atoms with van der Waals surface area (Å²) in [6.45, 7) is 4.22. The van der Waals surface area contributed by atoms with Crippen molar-refractivity contribution in [3.8, 4) is 10.6 Å². The largest absolute Gasteiger partial charge is 0.347 e. The summed E-state index contributed by atoms with van der Waals surface area (Å²) in [4.78, 5) is 28.2. The molecule has 0 unspecified atom stereocenters. The number of nitrogens with one attached hydrogen (secondary N) is 1. The maximum atomic E-state index is 12.4. The Morgan fingerprint density at radius 3 is 2.70 bits per heavy atom. The van der Waals surface area contributed by atoms with Gasteiger partial charge in [-0.1, -0.05) is 35.9 Å². The van der Waals surface area contributed by atoms with Gasteiger partial charge in [0.2, 0.25) is 0 Å². The van der Waals surface area contributed by atoms with Crippen LogP contribution >= 0.6 is 22.9 Å². The van der Waals surface area contributed by atoms with Gasteiger partial charge in [-0.15, -0.1) is 11.3 Å². The van der Waals surface area contributed by atoms with E-state index >= 15 is 0 Å². The average Bonchev–Trinajstić information content (AvgIpc) is 3.00. The number of hydrogen-bond acceptors (Lipinski definition) is 5. The van der Waals surface area contributed by atoms with Crippen molar-refractivity contribution in [2.24, 2.45) is 0 Å². The number of nitro groups is 1.